The summed E-state index contributed by atoms with van der Waals surface area (Å²) in [6.45, 7) is 6.82. The molecule has 5 heteroatoms. The third-order valence-corrected chi connectivity index (χ3v) is 4.53. The summed E-state index contributed by atoms with van der Waals surface area (Å²) < 4.78 is 7.31. The molecule has 1 heterocycles. The van der Waals surface area contributed by atoms with Crippen LogP contribution >= 0.6 is 28.1 Å². The summed E-state index contributed by atoms with van der Waals surface area (Å²) in [5.74, 6) is 1.07. The van der Waals surface area contributed by atoms with Crippen molar-refractivity contribution in [3.8, 4) is 0 Å². The summed E-state index contributed by atoms with van der Waals surface area (Å²) >= 11 is 8.89. The highest BCUT2D eigenvalue weighted by molar-refractivity contribution is 9.10. The van der Waals surface area contributed by atoms with Gasteiger partial charge >= 0.3 is 0 Å². The van der Waals surface area contributed by atoms with E-state index in [2.05, 4.69) is 39.7 Å². The molecule has 2 rings (SSSR count). The first-order valence-electron chi connectivity index (χ1n) is 7.00. The van der Waals surface area contributed by atoms with Crippen LogP contribution in [0.15, 0.2) is 34.8 Å². The molecule has 1 N–H and O–H groups in total. The Kier molecular flexibility index (Phi) is 5.67. The Labute approximate surface area is 138 Å². The van der Waals surface area contributed by atoms with Crippen molar-refractivity contribution < 1.29 is 4.74 Å². The second-order valence-electron chi connectivity index (χ2n) is 5.06. The predicted molar refractivity (Wildman–Crippen MR) is 91.1 cm³/mol. The van der Waals surface area contributed by atoms with Gasteiger partial charge in [0.2, 0.25) is 0 Å². The Hall–Kier alpha value is -1.04. The number of hydrogen-bond acceptors (Lipinski definition) is 3. The van der Waals surface area contributed by atoms with E-state index in [1.54, 1.807) is 0 Å². The van der Waals surface area contributed by atoms with E-state index in [4.69, 9.17) is 17.0 Å². The molecule has 0 aliphatic heterocycles. The first-order chi connectivity index (χ1) is 10.0. The number of nitrogens with one attached hydrogen (secondary N) is 1. The summed E-state index contributed by atoms with van der Waals surface area (Å²) in [6, 6.07) is 10.1. The lowest BCUT2D eigenvalue weighted by atomic mass is 10.1. The molecule has 112 valence electrons. The number of aromatic nitrogens is 2. The van der Waals surface area contributed by atoms with Gasteiger partial charge in [-0.15, -0.1) is 0 Å². The number of hydrogen-bond donors (Lipinski definition) is 1. The highest BCUT2D eigenvalue weighted by atomic mass is 79.9. The van der Waals surface area contributed by atoms with E-state index < -0.39 is 0 Å². The van der Waals surface area contributed by atoms with Gasteiger partial charge in [0, 0.05) is 12.3 Å². The van der Waals surface area contributed by atoms with Crippen LogP contribution in [0.5, 0.6) is 0 Å². The summed E-state index contributed by atoms with van der Waals surface area (Å²) in [5, 5.41) is 0. The quantitative estimate of drug-likeness (QED) is 0.743. The number of halogens is 1. The number of ether oxygens (including phenoxy) is 1. The highest BCUT2D eigenvalue weighted by Crippen LogP contribution is 2.28. The SMILES string of the molecule is CCOC(c1ccccc1)c1nc(=S)c(Br)c(C(C)C)[nH]1. The molecule has 0 spiro atoms. The Morgan fingerprint density at radius 2 is 1.95 bits per heavy atom. The van der Waals surface area contributed by atoms with Crippen LogP contribution in [0.4, 0.5) is 0 Å². The van der Waals surface area contributed by atoms with Gasteiger partial charge in [-0.05, 0) is 34.3 Å². The minimum atomic E-state index is -0.233. The molecule has 0 amide bonds. The lowest BCUT2D eigenvalue weighted by molar-refractivity contribution is 0.0848. The van der Waals surface area contributed by atoms with Crippen molar-refractivity contribution in [2.75, 3.05) is 6.61 Å². The van der Waals surface area contributed by atoms with Crippen LogP contribution in [0, 0.1) is 4.64 Å². The average molecular weight is 367 g/mol. The first-order valence-corrected chi connectivity index (χ1v) is 8.20. The lowest BCUT2D eigenvalue weighted by Crippen LogP contribution is -2.13. The van der Waals surface area contributed by atoms with Crippen molar-refractivity contribution in [1.29, 1.82) is 0 Å². The summed E-state index contributed by atoms with van der Waals surface area (Å²) in [7, 11) is 0. The van der Waals surface area contributed by atoms with E-state index >= 15 is 0 Å². The normalized spacial score (nSPS) is 12.6. The predicted octanol–water partition coefficient (Wildman–Crippen LogP) is 5.15. The summed E-state index contributed by atoms with van der Waals surface area (Å²) in [6.07, 6.45) is -0.233. The molecule has 21 heavy (non-hydrogen) atoms. The van der Waals surface area contributed by atoms with E-state index in [-0.39, 0.29) is 6.10 Å². The standard InChI is InChI=1S/C16H19BrN2OS/c1-4-20-14(11-8-6-5-7-9-11)15-18-13(10(2)3)12(17)16(21)19-15/h5-10,14H,4H2,1-3H3,(H,18,19,21). The van der Waals surface area contributed by atoms with Gasteiger partial charge in [-0.25, -0.2) is 4.98 Å². The van der Waals surface area contributed by atoms with E-state index in [1.807, 2.05) is 37.3 Å². The molecule has 0 aliphatic rings. The fraction of sp³-hybridized carbons (Fsp3) is 0.375. The van der Waals surface area contributed by atoms with E-state index in [9.17, 15) is 0 Å². The van der Waals surface area contributed by atoms with Crippen LogP contribution < -0.4 is 0 Å². The molecule has 0 saturated heterocycles. The number of nitrogens with zero attached hydrogens (tertiary/aromatic N) is 1. The molecule has 2 aromatic rings. The zero-order chi connectivity index (χ0) is 15.4. The van der Waals surface area contributed by atoms with Crippen LogP contribution in [0.25, 0.3) is 0 Å². The number of rotatable bonds is 5. The van der Waals surface area contributed by atoms with Crippen molar-refractivity contribution in [2.24, 2.45) is 0 Å². The molecule has 1 aromatic heterocycles. The molecule has 0 bridgehead atoms. The fourth-order valence-electron chi connectivity index (χ4n) is 2.14. The maximum absolute atomic E-state index is 5.89. The van der Waals surface area contributed by atoms with Gasteiger partial charge in [-0.1, -0.05) is 56.4 Å². The van der Waals surface area contributed by atoms with E-state index in [0.717, 1.165) is 21.6 Å². The minimum Gasteiger partial charge on any atom is -0.366 e. The van der Waals surface area contributed by atoms with Crippen molar-refractivity contribution in [1.82, 2.24) is 9.97 Å². The molecule has 0 radical (unpaired) electrons. The van der Waals surface area contributed by atoms with Gasteiger partial charge in [0.15, 0.2) is 0 Å². The number of benzene rings is 1. The van der Waals surface area contributed by atoms with Gasteiger partial charge in [0.1, 0.15) is 16.6 Å². The third kappa shape index (κ3) is 3.78. The monoisotopic (exact) mass is 366 g/mol. The zero-order valence-corrected chi connectivity index (χ0v) is 14.8. The molecule has 1 aromatic carbocycles. The molecule has 0 saturated carbocycles. The lowest BCUT2D eigenvalue weighted by Gasteiger charge is -2.19. The van der Waals surface area contributed by atoms with E-state index in [0.29, 0.717) is 17.2 Å². The second kappa shape index (κ2) is 7.29. The van der Waals surface area contributed by atoms with Crippen molar-refractivity contribution >= 4 is 28.1 Å². The van der Waals surface area contributed by atoms with Crippen molar-refractivity contribution in [3.05, 3.63) is 56.5 Å². The second-order valence-corrected chi connectivity index (χ2v) is 6.24. The Bertz CT molecular complexity index is 655. The van der Waals surface area contributed by atoms with Crippen LogP contribution in [-0.2, 0) is 4.74 Å². The van der Waals surface area contributed by atoms with Gasteiger partial charge in [0.05, 0.1) is 4.47 Å². The average Bonchev–Trinajstić information content (AvgIpc) is 2.48. The van der Waals surface area contributed by atoms with Gasteiger partial charge in [-0.3, -0.25) is 0 Å². The zero-order valence-electron chi connectivity index (χ0n) is 12.4. The molecule has 0 aliphatic carbocycles. The van der Waals surface area contributed by atoms with Crippen molar-refractivity contribution in [2.45, 2.75) is 32.8 Å². The maximum Gasteiger partial charge on any atom is 0.144 e. The Morgan fingerprint density at radius 3 is 2.52 bits per heavy atom. The number of aromatic amines is 1. The highest BCUT2D eigenvalue weighted by Gasteiger charge is 2.19. The van der Waals surface area contributed by atoms with Crippen LogP contribution in [0.3, 0.4) is 0 Å². The Balaban J connectivity index is 2.53. The van der Waals surface area contributed by atoms with Gasteiger partial charge < -0.3 is 9.72 Å². The molecular formula is C16H19BrN2OS. The Morgan fingerprint density at radius 1 is 1.29 bits per heavy atom. The first kappa shape index (κ1) is 16.3. The molecule has 3 nitrogen and oxygen atoms in total. The van der Waals surface area contributed by atoms with Crippen molar-refractivity contribution in [3.63, 3.8) is 0 Å². The smallest absolute Gasteiger partial charge is 0.144 e. The minimum absolute atomic E-state index is 0.233. The van der Waals surface area contributed by atoms with Crippen LogP contribution in [0.1, 0.15) is 49.9 Å². The molecular weight excluding hydrogens is 348 g/mol. The van der Waals surface area contributed by atoms with Gasteiger partial charge in [0.25, 0.3) is 0 Å². The third-order valence-electron chi connectivity index (χ3n) is 3.17. The van der Waals surface area contributed by atoms with Crippen LogP contribution in [0.2, 0.25) is 0 Å². The van der Waals surface area contributed by atoms with E-state index in [1.165, 1.54) is 0 Å². The van der Waals surface area contributed by atoms with Gasteiger partial charge in [-0.2, -0.15) is 0 Å². The topological polar surface area (TPSA) is 37.9 Å². The molecule has 1 atom stereocenters. The maximum atomic E-state index is 5.89. The molecule has 1 unspecified atom stereocenters. The summed E-state index contributed by atoms with van der Waals surface area (Å²) in [5.41, 5.74) is 2.11. The fourth-order valence-corrected chi connectivity index (χ4v) is 3.00. The molecule has 0 fully saturated rings. The van der Waals surface area contributed by atoms with Crippen LogP contribution in [-0.4, -0.2) is 16.6 Å². The largest absolute Gasteiger partial charge is 0.366 e. The number of H-pyrrole nitrogens is 1. The summed E-state index contributed by atoms with van der Waals surface area (Å²) in [4.78, 5) is 7.89.